The number of hydrogen-bond acceptors (Lipinski definition) is 2. The lowest BCUT2D eigenvalue weighted by molar-refractivity contribution is 0.436. The summed E-state index contributed by atoms with van der Waals surface area (Å²) < 4.78 is 2.28. The Morgan fingerprint density at radius 3 is 2.79 bits per heavy atom. The van der Waals surface area contributed by atoms with Crippen molar-refractivity contribution >= 4 is 0 Å². The minimum absolute atomic E-state index is 0.481. The highest BCUT2D eigenvalue weighted by molar-refractivity contribution is 5.07. The van der Waals surface area contributed by atoms with Crippen LogP contribution in [0.15, 0.2) is 12.5 Å². The maximum atomic E-state index is 5.83. The molecule has 1 atom stereocenters. The first-order valence-corrected chi connectivity index (χ1v) is 5.45. The van der Waals surface area contributed by atoms with Crippen LogP contribution in [0.1, 0.15) is 44.3 Å². The van der Waals surface area contributed by atoms with E-state index in [1.54, 1.807) is 0 Å². The van der Waals surface area contributed by atoms with Gasteiger partial charge in [-0.25, -0.2) is 4.98 Å². The molecule has 1 aromatic rings. The largest absolute Gasteiger partial charge is 0.330 e. The molecular weight excluding hydrogens is 174 g/mol. The molecule has 2 N–H and O–H groups in total. The average Bonchev–Trinajstić information content (AvgIpc) is 2.84. The molecular formula is C11H19N3. The summed E-state index contributed by atoms with van der Waals surface area (Å²) in [6, 6.07) is 0.481. The molecule has 1 heterocycles. The summed E-state index contributed by atoms with van der Waals surface area (Å²) in [6.45, 7) is 5.14. The smallest absolute Gasteiger partial charge is 0.0951 e. The summed E-state index contributed by atoms with van der Waals surface area (Å²) in [7, 11) is 0. The van der Waals surface area contributed by atoms with E-state index in [4.69, 9.17) is 5.73 Å². The van der Waals surface area contributed by atoms with Gasteiger partial charge in [0.05, 0.1) is 6.33 Å². The zero-order valence-corrected chi connectivity index (χ0v) is 8.98. The lowest BCUT2D eigenvalue weighted by atomic mass is 10.1. The van der Waals surface area contributed by atoms with Crippen molar-refractivity contribution in [2.75, 3.05) is 6.54 Å². The quantitative estimate of drug-likeness (QED) is 0.794. The summed E-state index contributed by atoms with van der Waals surface area (Å²) in [6.07, 6.45) is 6.57. The molecule has 1 fully saturated rings. The maximum Gasteiger partial charge on any atom is 0.0951 e. The van der Waals surface area contributed by atoms with E-state index in [-0.39, 0.29) is 0 Å². The minimum Gasteiger partial charge on any atom is -0.330 e. The Kier molecular flexibility index (Phi) is 2.59. The van der Waals surface area contributed by atoms with Gasteiger partial charge in [0, 0.05) is 24.5 Å². The second kappa shape index (κ2) is 3.73. The number of hydrogen-bond donors (Lipinski definition) is 1. The Morgan fingerprint density at radius 2 is 2.29 bits per heavy atom. The standard InChI is InChI=1S/C11H19N3/c1-8(2)11-6-13-7-14(11)10(5-12)9-3-4-9/h6-10H,3-5,12H2,1-2H3. The minimum atomic E-state index is 0.481. The third kappa shape index (κ3) is 1.69. The van der Waals surface area contributed by atoms with Crippen molar-refractivity contribution in [2.24, 2.45) is 11.7 Å². The van der Waals surface area contributed by atoms with Gasteiger partial charge in [0.2, 0.25) is 0 Å². The number of imidazole rings is 1. The number of nitrogens with two attached hydrogens (primary N) is 1. The van der Waals surface area contributed by atoms with Crippen LogP contribution in [0, 0.1) is 5.92 Å². The van der Waals surface area contributed by atoms with Crippen LogP contribution < -0.4 is 5.73 Å². The molecule has 78 valence electrons. The molecule has 0 aromatic carbocycles. The third-order valence-corrected chi connectivity index (χ3v) is 3.05. The molecule has 2 rings (SSSR count). The zero-order chi connectivity index (χ0) is 10.1. The molecule has 0 aliphatic heterocycles. The van der Waals surface area contributed by atoms with Crippen LogP contribution in [0.4, 0.5) is 0 Å². The fraction of sp³-hybridized carbons (Fsp3) is 0.727. The fourth-order valence-electron chi connectivity index (χ4n) is 2.05. The molecule has 1 saturated carbocycles. The van der Waals surface area contributed by atoms with Crippen LogP contribution in [-0.2, 0) is 0 Å². The van der Waals surface area contributed by atoms with E-state index >= 15 is 0 Å². The average molecular weight is 193 g/mol. The molecule has 0 spiro atoms. The van der Waals surface area contributed by atoms with Gasteiger partial charge < -0.3 is 10.3 Å². The van der Waals surface area contributed by atoms with Crippen LogP contribution in [0.2, 0.25) is 0 Å². The van der Waals surface area contributed by atoms with Crippen LogP contribution in [0.25, 0.3) is 0 Å². The van der Waals surface area contributed by atoms with Gasteiger partial charge in [0.25, 0.3) is 0 Å². The van der Waals surface area contributed by atoms with Crippen molar-refractivity contribution in [3.8, 4) is 0 Å². The van der Waals surface area contributed by atoms with E-state index in [0.717, 1.165) is 12.5 Å². The van der Waals surface area contributed by atoms with Gasteiger partial charge in [-0.2, -0.15) is 0 Å². The van der Waals surface area contributed by atoms with E-state index in [0.29, 0.717) is 12.0 Å². The molecule has 1 aliphatic carbocycles. The molecule has 0 radical (unpaired) electrons. The summed E-state index contributed by atoms with van der Waals surface area (Å²) >= 11 is 0. The normalized spacial score (nSPS) is 18.9. The first kappa shape index (κ1) is 9.71. The van der Waals surface area contributed by atoms with Gasteiger partial charge in [-0.1, -0.05) is 13.8 Å². The lowest BCUT2D eigenvalue weighted by Gasteiger charge is -2.20. The van der Waals surface area contributed by atoms with E-state index in [1.165, 1.54) is 18.5 Å². The van der Waals surface area contributed by atoms with Gasteiger partial charge in [0.15, 0.2) is 0 Å². The molecule has 1 aliphatic rings. The summed E-state index contributed by atoms with van der Waals surface area (Å²) in [5, 5.41) is 0. The highest BCUT2D eigenvalue weighted by Gasteiger charge is 2.32. The Bertz CT molecular complexity index is 299. The van der Waals surface area contributed by atoms with E-state index in [9.17, 15) is 0 Å². The number of rotatable bonds is 4. The molecule has 1 aromatic heterocycles. The lowest BCUT2D eigenvalue weighted by Crippen LogP contribution is -2.22. The van der Waals surface area contributed by atoms with E-state index in [2.05, 4.69) is 23.4 Å². The van der Waals surface area contributed by atoms with Crippen LogP contribution in [-0.4, -0.2) is 16.1 Å². The molecule has 3 nitrogen and oxygen atoms in total. The third-order valence-electron chi connectivity index (χ3n) is 3.05. The zero-order valence-electron chi connectivity index (χ0n) is 8.98. The Labute approximate surface area is 85.3 Å². The Balaban J connectivity index is 2.24. The molecule has 0 saturated heterocycles. The second-order valence-corrected chi connectivity index (χ2v) is 4.52. The molecule has 1 unspecified atom stereocenters. The predicted octanol–water partition coefficient (Wildman–Crippen LogP) is 1.92. The van der Waals surface area contributed by atoms with Crippen molar-refractivity contribution in [1.29, 1.82) is 0 Å². The fourth-order valence-corrected chi connectivity index (χ4v) is 2.05. The van der Waals surface area contributed by atoms with Gasteiger partial charge in [-0.15, -0.1) is 0 Å². The van der Waals surface area contributed by atoms with Crippen molar-refractivity contribution in [1.82, 2.24) is 9.55 Å². The SMILES string of the molecule is CC(C)c1cncn1C(CN)C1CC1. The van der Waals surface area contributed by atoms with Gasteiger partial charge in [0.1, 0.15) is 0 Å². The Hall–Kier alpha value is -0.830. The van der Waals surface area contributed by atoms with Crippen molar-refractivity contribution in [3.63, 3.8) is 0 Å². The first-order chi connectivity index (χ1) is 6.74. The second-order valence-electron chi connectivity index (χ2n) is 4.52. The van der Waals surface area contributed by atoms with Crippen molar-refractivity contribution < 1.29 is 0 Å². The van der Waals surface area contributed by atoms with Gasteiger partial charge in [-0.3, -0.25) is 0 Å². The van der Waals surface area contributed by atoms with E-state index < -0.39 is 0 Å². The summed E-state index contributed by atoms with van der Waals surface area (Å²) in [5.41, 5.74) is 7.14. The molecule has 0 amide bonds. The van der Waals surface area contributed by atoms with Crippen molar-refractivity contribution in [3.05, 3.63) is 18.2 Å². The Morgan fingerprint density at radius 1 is 1.57 bits per heavy atom. The maximum absolute atomic E-state index is 5.83. The van der Waals surface area contributed by atoms with Crippen LogP contribution in [0.3, 0.4) is 0 Å². The van der Waals surface area contributed by atoms with Crippen molar-refractivity contribution in [2.45, 2.75) is 38.6 Å². The monoisotopic (exact) mass is 193 g/mol. The molecule has 3 heteroatoms. The predicted molar refractivity (Wildman–Crippen MR) is 57.1 cm³/mol. The molecule has 14 heavy (non-hydrogen) atoms. The highest BCUT2D eigenvalue weighted by atomic mass is 15.1. The number of aromatic nitrogens is 2. The van der Waals surface area contributed by atoms with E-state index in [1.807, 2.05) is 12.5 Å². The summed E-state index contributed by atoms with van der Waals surface area (Å²) in [5.74, 6) is 1.33. The summed E-state index contributed by atoms with van der Waals surface area (Å²) in [4.78, 5) is 4.23. The van der Waals surface area contributed by atoms with Gasteiger partial charge >= 0.3 is 0 Å². The number of nitrogens with zero attached hydrogens (tertiary/aromatic N) is 2. The highest BCUT2D eigenvalue weighted by Crippen LogP contribution is 2.40. The van der Waals surface area contributed by atoms with Crippen LogP contribution in [0.5, 0.6) is 0 Å². The topological polar surface area (TPSA) is 43.8 Å². The molecule has 0 bridgehead atoms. The first-order valence-electron chi connectivity index (χ1n) is 5.45. The van der Waals surface area contributed by atoms with Gasteiger partial charge in [-0.05, 0) is 24.7 Å². The van der Waals surface area contributed by atoms with Crippen LogP contribution >= 0.6 is 0 Å².